The average molecular weight is 425 g/mol. The average Bonchev–Trinajstić information content (AvgIpc) is 2.71. The van der Waals surface area contributed by atoms with E-state index in [4.69, 9.17) is 4.74 Å². The van der Waals surface area contributed by atoms with Crippen LogP contribution in [0.4, 0.5) is 0 Å². The van der Waals surface area contributed by atoms with E-state index in [2.05, 4.69) is 4.98 Å². The van der Waals surface area contributed by atoms with Gasteiger partial charge in [-0.05, 0) is 61.7 Å². The monoisotopic (exact) mass is 424 g/mol. The molecule has 0 bridgehead atoms. The lowest BCUT2D eigenvalue weighted by Gasteiger charge is -2.24. The fourth-order valence-corrected chi connectivity index (χ4v) is 5.55. The summed E-state index contributed by atoms with van der Waals surface area (Å²) in [4.78, 5) is 4.74. The summed E-state index contributed by atoms with van der Waals surface area (Å²) in [5.41, 5.74) is 4.36. The Kier molecular flexibility index (Phi) is 6.90. The molecule has 0 N–H and O–H groups in total. The summed E-state index contributed by atoms with van der Waals surface area (Å²) in [6, 6.07) is 17.0. The number of aryl methyl sites for hydroxylation is 3. The number of methoxy groups -OCH3 is 1. The number of nitrogens with zero attached hydrogens (tertiary/aromatic N) is 2. The van der Waals surface area contributed by atoms with Crippen LogP contribution < -0.4 is 4.74 Å². The smallest absolute Gasteiger partial charge is 0.243 e. The molecular formula is C24H28N2O3S. The molecule has 3 rings (SSSR count). The Bertz CT molecular complexity index is 1070. The predicted molar refractivity (Wildman–Crippen MR) is 119 cm³/mol. The zero-order valence-corrected chi connectivity index (χ0v) is 18.7. The van der Waals surface area contributed by atoms with Crippen LogP contribution >= 0.6 is 0 Å². The Morgan fingerprint density at radius 2 is 1.63 bits per heavy atom. The largest absolute Gasteiger partial charge is 0.497 e. The number of aromatic nitrogens is 1. The van der Waals surface area contributed by atoms with Crippen molar-refractivity contribution in [3.05, 3.63) is 88.7 Å². The van der Waals surface area contributed by atoms with Crippen molar-refractivity contribution in [3.8, 4) is 5.75 Å². The second-order valence-electron chi connectivity index (χ2n) is 7.49. The van der Waals surface area contributed by atoms with Crippen LogP contribution in [-0.4, -0.2) is 31.4 Å². The first-order valence-electron chi connectivity index (χ1n) is 9.92. The summed E-state index contributed by atoms with van der Waals surface area (Å²) in [5, 5.41) is 0. The molecule has 5 nitrogen and oxygen atoms in total. The fraction of sp³-hybridized carbons (Fsp3) is 0.292. The van der Waals surface area contributed by atoms with E-state index in [9.17, 15) is 8.42 Å². The molecule has 3 aromatic rings. The Hall–Kier alpha value is -2.70. The van der Waals surface area contributed by atoms with Crippen molar-refractivity contribution in [3.63, 3.8) is 0 Å². The van der Waals surface area contributed by atoms with Crippen molar-refractivity contribution in [1.29, 1.82) is 0 Å². The van der Waals surface area contributed by atoms with Gasteiger partial charge in [0.1, 0.15) is 5.75 Å². The SMILES string of the molecule is COc1ccc(CN(CCc2ccccn2)S(=O)(=O)c2c(C)cc(C)cc2C)cc1. The molecule has 2 aromatic carbocycles. The van der Waals surface area contributed by atoms with Gasteiger partial charge in [0.15, 0.2) is 0 Å². The molecule has 0 aliphatic rings. The minimum atomic E-state index is -3.69. The van der Waals surface area contributed by atoms with Gasteiger partial charge in [0.2, 0.25) is 10.0 Å². The van der Waals surface area contributed by atoms with Gasteiger partial charge in [0.05, 0.1) is 12.0 Å². The van der Waals surface area contributed by atoms with Gasteiger partial charge in [-0.25, -0.2) is 8.42 Å². The summed E-state index contributed by atoms with van der Waals surface area (Å²) in [5.74, 6) is 0.742. The lowest BCUT2D eigenvalue weighted by molar-refractivity contribution is 0.404. The van der Waals surface area contributed by atoms with E-state index in [1.165, 1.54) is 0 Å². The maximum Gasteiger partial charge on any atom is 0.243 e. The quantitative estimate of drug-likeness (QED) is 0.536. The molecular weight excluding hydrogens is 396 g/mol. The summed E-state index contributed by atoms with van der Waals surface area (Å²) in [7, 11) is -2.08. The van der Waals surface area contributed by atoms with Crippen LogP contribution in [0.2, 0.25) is 0 Å². The van der Waals surface area contributed by atoms with Crippen molar-refractivity contribution in [1.82, 2.24) is 9.29 Å². The van der Waals surface area contributed by atoms with Gasteiger partial charge in [-0.1, -0.05) is 35.9 Å². The van der Waals surface area contributed by atoms with Gasteiger partial charge >= 0.3 is 0 Å². The van der Waals surface area contributed by atoms with E-state index in [1.807, 2.05) is 75.4 Å². The van der Waals surface area contributed by atoms with Crippen LogP contribution in [0.1, 0.15) is 27.9 Å². The van der Waals surface area contributed by atoms with Gasteiger partial charge in [0, 0.05) is 31.4 Å². The number of benzene rings is 2. The molecule has 0 saturated heterocycles. The molecule has 158 valence electrons. The third kappa shape index (κ3) is 5.07. The van der Waals surface area contributed by atoms with E-state index in [0.29, 0.717) is 17.9 Å². The standard InChI is InChI=1S/C24H28N2O3S/c1-18-15-19(2)24(20(3)16-18)30(27,28)26(14-12-22-7-5-6-13-25-22)17-21-8-10-23(29-4)11-9-21/h5-11,13,15-16H,12,14,17H2,1-4H3. The molecule has 0 fully saturated rings. The Labute approximate surface area is 179 Å². The highest BCUT2D eigenvalue weighted by atomic mass is 32.2. The molecule has 0 atom stereocenters. The molecule has 6 heteroatoms. The van der Waals surface area contributed by atoms with E-state index in [0.717, 1.165) is 33.7 Å². The van der Waals surface area contributed by atoms with Crippen molar-refractivity contribution in [2.75, 3.05) is 13.7 Å². The summed E-state index contributed by atoms with van der Waals surface area (Å²) in [6.45, 7) is 6.32. The Morgan fingerprint density at radius 1 is 0.967 bits per heavy atom. The maximum atomic E-state index is 13.7. The molecule has 0 unspecified atom stereocenters. The number of ether oxygens (including phenoxy) is 1. The summed E-state index contributed by atoms with van der Waals surface area (Å²) < 4.78 is 34.2. The van der Waals surface area contributed by atoms with Crippen LogP contribution in [0.3, 0.4) is 0 Å². The number of pyridine rings is 1. The molecule has 0 radical (unpaired) electrons. The molecule has 0 spiro atoms. The van der Waals surface area contributed by atoms with E-state index in [1.54, 1.807) is 17.6 Å². The number of rotatable bonds is 8. The maximum absolute atomic E-state index is 13.7. The van der Waals surface area contributed by atoms with Gasteiger partial charge < -0.3 is 4.74 Å². The first-order chi connectivity index (χ1) is 14.3. The van der Waals surface area contributed by atoms with Gasteiger partial charge in [-0.2, -0.15) is 4.31 Å². The number of sulfonamides is 1. The van der Waals surface area contributed by atoms with Gasteiger partial charge in [-0.15, -0.1) is 0 Å². The highest BCUT2D eigenvalue weighted by Gasteiger charge is 2.28. The van der Waals surface area contributed by atoms with Crippen LogP contribution in [0.5, 0.6) is 5.75 Å². The third-order valence-electron chi connectivity index (χ3n) is 5.06. The zero-order valence-electron chi connectivity index (χ0n) is 17.9. The molecule has 0 saturated carbocycles. The Balaban J connectivity index is 1.96. The summed E-state index contributed by atoms with van der Waals surface area (Å²) >= 11 is 0. The van der Waals surface area contributed by atoms with Crippen LogP contribution in [0.15, 0.2) is 65.7 Å². The molecule has 1 aromatic heterocycles. The van der Waals surface area contributed by atoms with E-state index < -0.39 is 10.0 Å². The topological polar surface area (TPSA) is 59.5 Å². The van der Waals surface area contributed by atoms with Crippen LogP contribution in [0, 0.1) is 20.8 Å². The number of hydrogen-bond acceptors (Lipinski definition) is 4. The summed E-state index contributed by atoms with van der Waals surface area (Å²) in [6.07, 6.45) is 2.27. The predicted octanol–water partition coefficient (Wildman–Crippen LogP) is 4.45. The minimum absolute atomic E-state index is 0.284. The van der Waals surface area contributed by atoms with Crippen LogP contribution in [0.25, 0.3) is 0 Å². The first kappa shape index (κ1) is 22.0. The lowest BCUT2D eigenvalue weighted by Crippen LogP contribution is -2.33. The molecule has 0 aliphatic carbocycles. The fourth-order valence-electron chi connectivity index (χ4n) is 3.71. The lowest BCUT2D eigenvalue weighted by atomic mass is 10.1. The van der Waals surface area contributed by atoms with Crippen molar-refractivity contribution >= 4 is 10.0 Å². The third-order valence-corrected chi connectivity index (χ3v) is 7.22. The van der Waals surface area contributed by atoms with Crippen molar-refractivity contribution in [2.45, 2.75) is 38.6 Å². The highest BCUT2D eigenvalue weighted by molar-refractivity contribution is 7.89. The highest BCUT2D eigenvalue weighted by Crippen LogP contribution is 2.27. The zero-order chi connectivity index (χ0) is 21.7. The molecule has 0 amide bonds. The van der Waals surface area contributed by atoms with E-state index >= 15 is 0 Å². The molecule has 0 aliphatic heterocycles. The minimum Gasteiger partial charge on any atom is -0.497 e. The van der Waals surface area contributed by atoms with Gasteiger partial charge in [0.25, 0.3) is 0 Å². The van der Waals surface area contributed by atoms with Gasteiger partial charge in [-0.3, -0.25) is 4.98 Å². The molecule has 1 heterocycles. The number of hydrogen-bond donors (Lipinski definition) is 0. The van der Waals surface area contributed by atoms with Crippen molar-refractivity contribution < 1.29 is 13.2 Å². The normalized spacial score (nSPS) is 11.6. The Morgan fingerprint density at radius 3 is 2.20 bits per heavy atom. The second kappa shape index (κ2) is 9.41. The second-order valence-corrected chi connectivity index (χ2v) is 9.36. The van der Waals surface area contributed by atoms with E-state index in [-0.39, 0.29) is 6.54 Å². The molecule has 30 heavy (non-hydrogen) atoms. The van der Waals surface area contributed by atoms with Crippen molar-refractivity contribution in [2.24, 2.45) is 0 Å². The first-order valence-corrected chi connectivity index (χ1v) is 11.4. The van der Waals surface area contributed by atoms with Crippen LogP contribution in [-0.2, 0) is 23.0 Å².